The monoisotopic (exact) mass is 301 g/mol. The van der Waals surface area contributed by atoms with E-state index in [9.17, 15) is 0 Å². The van der Waals surface area contributed by atoms with Gasteiger partial charge in [-0.05, 0) is 37.5 Å². The van der Waals surface area contributed by atoms with Crippen LogP contribution in [0.2, 0.25) is 5.28 Å². The number of anilines is 1. The lowest BCUT2D eigenvalue weighted by Gasteiger charge is -2.19. The van der Waals surface area contributed by atoms with Crippen LogP contribution in [-0.4, -0.2) is 52.6 Å². The summed E-state index contributed by atoms with van der Waals surface area (Å²) in [6, 6.07) is 0.273. The molecule has 0 amide bonds. The van der Waals surface area contributed by atoms with Crippen molar-refractivity contribution in [3.63, 3.8) is 0 Å². The summed E-state index contributed by atoms with van der Waals surface area (Å²) in [5, 5.41) is 3.30. The van der Waals surface area contributed by atoms with Crippen molar-refractivity contribution >= 4 is 17.5 Å². The third kappa shape index (κ3) is 6.34. The molecule has 0 fully saturated rings. The van der Waals surface area contributed by atoms with Crippen LogP contribution in [0.1, 0.15) is 33.6 Å². The number of rotatable bonds is 10. The van der Waals surface area contributed by atoms with E-state index in [2.05, 4.69) is 39.0 Å². The van der Waals surface area contributed by atoms with Gasteiger partial charge in [0.05, 0.1) is 6.61 Å². The fourth-order valence-electron chi connectivity index (χ4n) is 1.74. The topological polar surface area (TPSA) is 63.2 Å². The van der Waals surface area contributed by atoms with Gasteiger partial charge in [0.15, 0.2) is 0 Å². The van der Waals surface area contributed by atoms with Crippen LogP contribution in [0.5, 0.6) is 6.01 Å². The zero-order chi connectivity index (χ0) is 14.8. The third-order valence-corrected chi connectivity index (χ3v) is 2.89. The molecular weight excluding hydrogens is 278 g/mol. The Morgan fingerprint density at radius 3 is 2.55 bits per heavy atom. The SMILES string of the molecule is CCCOc1nc(Cl)nc(NCCN(CC)CCC)n1. The van der Waals surface area contributed by atoms with Crippen molar-refractivity contribution < 1.29 is 4.74 Å². The van der Waals surface area contributed by atoms with E-state index < -0.39 is 0 Å². The Balaban J connectivity index is 2.48. The van der Waals surface area contributed by atoms with Crippen LogP contribution in [-0.2, 0) is 0 Å². The number of halogens is 1. The predicted molar refractivity (Wildman–Crippen MR) is 81.5 cm³/mol. The molecular formula is C13H24ClN5O. The van der Waals surface area contributed by atoms with Gasteiger partial charge in [-0.1, -0.05) is 20.8 Å². The van der Waals surface area contributed by atoms with Gasteiger partial charge in [0.25, 0.3) is 0 Å². The zero-order valence-electron chi connectivity index (χ0n) is 12.5. The minimum absolute atomic E-state index is 0.148. The molecule has 1 aromatic heterocycles. The minimum Gasteiger partial charge on any atom is -0.463 e. The van der Waals surface area contributed by atoms with Crippen molar-refractivity contribution in [2.24, 2.45) is 0 Å². The van der Waals surface area contributed by atoms with Gasteiger partial charge in [-0.2, -0.15) is 15.0 Å². The molecule has 0 unspecified atom stereocenters. The number of ether oxygens (including phenoxy) is 1. The summed E-state index contributed by atoms with van der Waals surface area (Å²) in [6.07, 6.45) is 2.05. The first-order valence-electron chi connectivity index (χ1n) is 7.20. The molecule has 0 saturated carbocycles. The summed E-state index contributed by atoms with van der Waals surface area (Å²) in [5.74, 6) is 0.462. The van der Waals surface area contributed by atoms with E-state index >= 15 is 0 Å². The van der Waals surface area contributed by atoms with Crippen LogP contribution in [0.4, 0.5) is 5.95 Å². The van der Waals surface area contributed by atoms with E-state index in [0.29, 0.717) is 12.6 Å². The van der Waals surface area contributed by atoms with Crippen molar-refractivity contribution in [2.75, 3.05) is 38.1 Å². The average molecular weight is 302 g/mol. The quantitative estimate of drug-likeness (QED) is 0.716. The van der Waals surface area contributed by atoms with Crippen molar-refractivity contribution in [3.8, 4) is 6.01 Å². The number of nitrogens with zero attached hydrogens (tertiary/aromatic N) is 4. The van der Waals surface area contributed by atoms with Gasteiger partial charge < -0.3 is 15.0 Å². The number of likely N-dealkylation sites (N-methyl/N-ethyl adjacent to an activating group) is 1. The smallest absolute Gasteiger partial charge is 0.322 e. The molecule has 0 atom stereocenters. The Morgan fingerprint density at radius 1 is 1.10 bits per heavy atom. The van der Waals surface area contributed by atoms with Gasteiger partial charge in [-0.25, -0.2) is 0 Å². The lowest BCUT2D eigenvalue weighted by atomic mass is 10.4. The molecule has 0 aliphatic carbocycles. The molecule has 0 aromatic carbocycles. The van der Waals surface area contributed by atoms with E-state index in [0.717, 1.165) is 39.0 Å². The van der Waals surface area contributed by atoms with Gasteiger partial charge in [0, 0.05) is 13.1 Å². The highest BCUT2D eigenvalue weighted by Gasteiger charge is 2.06. The molecule has 0 bridgehead atoms. The van der Waals surface area contributed by atoms with Crippen molar-refractivity contribution in [1.29, 1.82) is 0 Å². The number of hydrogen-bond acceptors (Lipinski definition) is 6. The Kier molecular flexibility index (Phi) is 8.22. The minimum atomic E-state index is 0.148. The molecule has 20 heavy (non-hydrogen) atoms. The maximum Gasteiger partial charge on any atom is 0.322 e. The molecule has 1 heterocycles. The van der Waals surface area contributed by atoms with Gasteiger partial charge in [-0.3, -0.25) is 0 Å². The van der Waals surface area contributed by atoms with Crippen molar-refractivity contribution in [2.45, 2.75) is 33.6 Å². The largest absolute Gasteiger partial charge is 0.463 e. The highest BCUT2D eigenvalue weighted by Crippen LogP contribution is 2.11. The molecule has 6 nitrogen and oxygen atoms in total. The van der Waals surface area contributed by atoms with E-state index in [1.165, 1.54) is 0 Å². The van der Waals surface area contributed by atoms with E-state index in [1.807, 2.05) is 6.92 Å². The summed E-state index contributed by atoms with van der Waals surface area (Å²) < 4.78 is 5.37. The first kappa shape index (κ1) is 16.9. The first-order chi connectivity index (χ1) is 9.69. The number of hydrogen-bond donors (Lipinski definition) is 1. The average Bonchev–Trinajstić information content (AvgIpc) is 2.43. The van der Waals surface area contributed by atoms with Crippen molar-refractivity contribution in [3.05, 3.63) is 5.28 Å². The second-order valence-corrected chi connectivity index (χ2v) is 4.76. The van der Waals surface area contributed by atoms with Crippen LogP contribution in [0.25, 0.3) is 0 Å². The molecule has 1 rings (SSSR count). The summed E-state index contributed by atoms with van der Waals surface area (Å²) in [4.78, 5) is 14.5. The number of aromatic nitrogens is 3. The van der Waals surface area contributed by atoms with E-state index in [-0.39, 0.29) is 11.3 Å². The highest BCUT2D eigenvalue weighted by atomic mass is 35.5. The summed E-state index contributed by atoms with van der Waals surface area (Å²) in [6.45, 7) is 10.8. The summed E-state index contributed by atoms with van der Waals surface area (Å²) in [7, 11) is 0. The van der Waals surface area contributed by atoms with Crippen LogP contribution >= 0.6 is 11.6 Å². The van der Waals surface area contributed by atoms with Gasteiger partial charge in [0.2, 0.25) is 11.2 Å². The fourth-order valence-corrected chi connectivity index (χ4v) is 1.89. The molecule has 0 radical (unpaired) electrons. The third-order valence-electron chi connectivity index (χ3n) is 2.72. The summed E-state index contributed by atoms with van der Waals surface area (Å²) in [5.41, 5.74) is 0. The van der Waals surface area contributed by atoms with Crippen LogP contribution in [0, 0.1) is 0 Å². The second kappa shape index (κ2) is 9.72. The van der Waals surface area contributed by atoms with Crippen LogP contribution in [0.3, 0.4) is 0 Å². The lowest BCUT2D eigenvalue weighted by molar-refractivity contribution is 0.291. The van der Waals surface area contributed by atoms with Crippen molar-refractivity contribution in [1.82, 2.24) is 19.9 Å². The molecule has 0 saturated heterocycles. The lowest BCUT2D eigenvalue weighted by Crippen LogP contribution is -2.30. The molecule has 7 heteroatoms. The Hall–Kier alpha value is -1.14. The number of nitrogens with one attached hydrogen (secondary N) is 1. The highest BCUT2D eigenvalue weighted by molar-refractivity contribution is 6.28. The normalized spacial score (nSPS) is 10.8. The van der Waals surface area contributed by atoms with E-state index in [1.54, 1.807) is 0 Å². The Labute approximate surface area is 125 Å². The molecule has 0 aliphatic heterocycles. The maximum absolute atomic E-state index is 5.85. The Bertz CT molecular complexity index is 391. The molecule has 1 aromatic rings. The second-order valence-electron chi connectivity index (χ2n) is 4.42. The maximum atomic E-state index is 5.85. The molecule has 114 valence electrons. The standard InChI is InChI=1S/C13H24ClN5O/c1-4-8-19(6-3)9-7-15-12-16-11(14)17-13(18-12)20-10-5-2/h4-10H2,1-3H3,(H,15,16,17,18). The van der Waals surface area contributed by atoms with Gasteiger partial charge in [0.1, 0.15) is 0 Å². The summed E-state index contributed by atoms with van der Waals surface area (Å²) >= 11 is 5.85. The molecule has 1 N–H and O–H groups in total. The molecule has 0 spiro atoms. The van der Waals surface area contributed by atoms with E-state index in [4.69, 9.17) is 16.3 Å². The zero-order valence-corrected chi connectivity index (χ0v) is 13.3. The fraction of sp³-hybridized carbons (Fsp3) is 0.769. The van der Waals surface area contributed by atoms with Crippen LogP contribution in [0.15, 0.2) is 0 Å². The van der Waals surface area contributed by atoms with Gasteiger partial charge >= 0.3 is 6.01 Å². The van der Waals surface area contributed by atoms with Gasteiger partial charge in [-0.15, -0.1) is 0 Å². The first-order valence-corrected chi connectivity index (χ1v) is 7.57. The molecule has 0 aliphatic rings. The van der Waals surface area contributed by atoms with Crippen LogP contribution < -0.4 is 10.1 Å². The predicted octanol–water partition coefficient (Wildman–Crippen LogP) is 2.46. The Morgan fingerprint density at radius 2 is 1.90 bits per heavy atom.